The van der Waals surface area contributed by atoms with Gasteiger partial charge < -0.3 is 14.8 Å². The lowest BCUT2D eigenvalue weighted by molar-refractivity contribution is 0.0531. The number of alkyl carbamates (subject to hydrolysis) is 1. The van der Waals surface area contributed by atoms with Crippen molar-refractivity contribution in [3.8, 4) is 5.75 Å². The van der Waals surface area contributed by atoms with Gasteiger partial charge in [-0.1, -0.05) is 12.1 Å². The first-order chi connectivity index (χ1) is 10.3. The molecular weight excluding hydrogens is 287 g/mol. The molecule has 0 spiro atoms. The normalized spacial score (nSPS) is 11.5. The number of carbonyl (C=O) groups excluding carboxylic acids is 1. The molecule has 0 saturated carbocycles. The zero-order valence-corrected chi connectivity index (χ0v) is 12.9. The summed E-state index contributed by atoms with van der Waals surface area (Å²) in [5.74, 6) is 0.518. The summed E-state index contributed by atoms with van der Waals surface area (Å²) in [4.78, 5) is 14.7. The van der Waals surface area contributed by atoms with Gasteiger partial charge in [-0.2, -0.15) is 0 Å². The Labute approximate surface area is 129 Å². The van der Waals surface area contributed by atoms with E-state index in [-0.39, 0.29) is 18.7 Å². The molecule has 1 aromatic rings. The maximum absolute atomic E-state index is 12.8. The van der Waals surface area contributed by atoms with E-state index in [0.717, 1.165) is 0 Å². The fourth-order valence-corrected chi connectivity index (χ4v) is 1.41. The van der Waals surface area contributed by atoms with Gasteiger partial charge in [0, 0.05) is 12.1 Å². The van der Waals surface area contributed by atoms with Gasteiger partial charge in [0.1, 0.15) is 18.0 Å². The van der Waals surface area contributed by atoms with Crippen LogP contribution in [-0.2, 0) is 4.74 Å². The zero-order valence-electron chi connectivity index (χ0n) is 12.9. The molecule has 0 saturated heterocycles. The fourth-order valence-electron chi connectivity index (χ4n) is 1.41. The van der Waals surface area contributed by atoms with E-state index in [1.807, 2.05) is 0 Å². The number of nitrogens with one attached hydrogen (secondary N) is 1. The predicted octanol–water partition coefficient (Wildman–Crippen LogP) is 3.99. The molecule has 0 aliphatic heterocycles. The molecule has 0 aliphatic rings. The minimum atomic E-state index is -0.617. The molecule has 0 unspecified atom stereocenters. The van der Waals surface area contributed by atoms with E-state index in [1.54, 1.807) is 45.0 Å². The third-order valence-corrected chi connectivity index (χ3v) is 2.40. The number of rotatable bonds is 5. The summed E-state index contributed by atoms with van der Waals surface area (Å²) < 4.78 is 23.2. The van der Waals surface area contributed by atoms with E-state index in [2.05, 4.69) is 10.2 Å². The van der Waals surface area contributed by atoms with Gasteiger partial charge in [0.2, 0.25) is 0 Å². The van der Waals surface area contributed by atoms with Crippen LogP contribution in [0.25, 0.3) is 4.85 Å². The quantitative estimate of drug-likeness (QED) is 0.837. The van der Waals surface area contributed by atoms with Crippen molar-refractivity contribution >= 4 is 11.8 Å². The van der Waals surface area contributed by atoms with Crippen molar-refractivity contribution in [1.82, 2.24) is 5.32 Å². The lowest BCUT2D eigenvalue weighted by Gasteiger charge is -2.20. The molecule has 6 heteroatoms. The molecule has 1 rings (SSSR count). The third kappa shape index (κ3) is 6.75. The van der Waals surface area contributed by atoms with Crippen LogP contribution < -0.4 is 10.1 Å². The molecule has 22 heavy (non-hydrogen) atoms. The maximum Gasteiger partial charge on any atom is 0.407 e. The Morgan fingerprint density at radius 3 is 2.50 bits per heavy atom. The molecule has 0 heterocycles. The Balaban J connectivity index is 2.42. The number of hydrogen-bond acceptors (Lipinski definition) is 3. The van der Waals surface area contributed by atoms with E-state index in [1.165, 1.54) is 0 Å². The van der Waals surface area contributed by atoms with Gasteiger partial charge in [-0.25, -0.2) is 14.0 Å². The van der Waals surface area contributed by atoms with Crippen molar-refractivity contribution in [2.45, 2.75) is 26.4 Å². The Morgan fingerprint density at radius 1 is 1.36 bits per heavy atom. The number of halogens is 1. The number of carbonyl (C=O) groups is 1. The third-order valence-electron chi connectivity index (χ3n) is 2.40. The average Bonchev–Trinajstić information content (AvgIpc) is 2.46. The van der Waals surface area contributed by atoms with Crippen molar-refractivity contribution < 1.29 is 18.7 Å². The summed E-state index contributed by atoms with van der Waals surface area (Å²) in [6.07, 6.45) is -0.224. The summed E-state index contributed by atoms with van der Waals surface area (Å²) in [5, 5.41) is 2.46. The minimum Gasteiger partial charge on any atom is -0.489 e. The lowest BCUT2D eigenvalue weighted by Crippen LogP contribution is -2.34. The van der Waals surface area contributed by atoms with Crippen molar-refractivity contribution in [2.24, 2.45) is 0 Å². The molecule has 1 amide bonds. The second-order valence-electron chi connectivity index (χ2n) is 5.52. The summed E-state index contributed by atoms with van der Waals surface area (Å²) in [7, 11) is 0. The van der Waals surface area contributed by atoms with Crippen LogP contribution in [0.2, 0.25) is 0 Å². The summed E-state index contributed by atoms with van der Waals surface area (Å²) in [6, 6.07) is 6.48. The van der Waals surface area contributed by atoms with Crippen LogP contribution in [0.15, 0.2) is 36.2 Å². The van der Waals surface area contributed by atoms with Crippen LogP contribution >= 0.6 is 0 Å². The van der Waals surface area contributed by atoms with Crippen molar-refractivity contribution in [1.29, 1.82) is 0 Å². The Morgan fingerprint density at radius 2 is 2.00 bits per heavy atom. The van der Waals surface area contributed by atoms with Crippen molar-refractivity contribution in [3.63, 3.8) is 0 Å². The highest BCUT2D eigenvalue weighted by molar-refractivity contribution is 5.68. The topological polar surface area (TPSA) is 51.9 Å². The molecular formula is C16H19FN2O3. The molecule has 1 N–H and O–H groups in total. The van der Waals surface area contributed by atoms with Crippen LogP contribution in [-0.4, -0.2) is 24.8 Å². The van der Waals surface area contributed by atoms with Gasteiger partial charge in [-0.15, -0.1) is 0 Å². The van der Waals surface area contributed by atoms with Crippen LogP contribution in [0.4, 0.5) is 14.9 Å². The highest BCUT2D eigenvalue weighted by Gasteiger charge is 2.16. The average molecular weight is 306 g/mol. The van der Waals surface area contributed by atoms with E-state index < -0.39 is 11.7 Å². The molecule has 5 nitrogen and oxygen atoms in total. The van der Waals surface area contributed by atoms with Crippen molar-refractivity contribution in [3.05, 3.63) is 47.6 Å². The van der Waals surface area contributed by atoms with E-state index in [9.17, 15) is 9.18 Å². The summed E-state index contributed by atoms with van der Waals surface area (Å²) >= 11 is 0. The van der Waals surface area contributed by atoms with Gasteiger partial charge >= 0.3 is 6.09 Å². The number of nitrogens with zero attached hydrogens (tertiary/aromatic N) is 1. The summed E-state index contributed by atoms with van der Waals surface area (Å²) in [5.41, 5.74) is 0.158. The summed E-state index contributed by atoms with van der Waals surface area (Å²) in [6.45, 7) is 12.1. The number of ether oxygens (including phenoxy) is 2. The van der Waals surface area contributed by atoms with Crippen LogP contribution in [0.3, 0.4) is 0 Å². The van der Waals surface area contributed by atoms with Crippen LogP contribution in [0.1, 0.15) is 20.8 Å². The second-order valence-corrected chi connectivity index (χ2v) is 5.52. The molecule has 0 radical (unpaired) electrons. The van der Waals surface area contributed by atoms with Gasteiger partial charge in [-0.3, -0.25) is 0 Å². The SMILES string of the molecule is [C-]#[N+]c1ccc(OC/C(=C/F)CNC(=O)OC(C)(C)C)cc1. The largest absolute Gasteiger partial charge is 0.489 e. The van der Waals surface area contributed by atoms with Gasteiger partial charge in [0.15, 0.2) is 5.69 Å². The predicted molar refractivity (Wildman–Crippen MR) is 81.6 cm³/mol. The first-order valence-electron chi connectivity index (χ1n) is 6.69. The van der Waals surface area contributed by atoms with Crippen molar-refractivity contribution in [2.75, 3.05) is 13.2 Å². The van der Waals surface area contributed by atoms with Crippen LogP contribution in [0.5, 0.6) is 5.75 Å². The van der Waals surface area contributed by atoms with E-state index >= 15 is 0 Å². The molecule has 0 bridgehead atoms. The van der Waals surface area contributed by atoms with Gasteiger partial charge in [0.05, 0.1) is 12.9 Å². The number of amides is 1. The first kappa shape index (κ1) is 17.5. The second kappa shape index (κ2) is 8.03. The number of hydrogen-bond donors (Lipinski definition) is 1. The Bertz CT molecular complexity index is 569. The molecule has 0 fully saturated rings. The molecule has 118 valence electrons. The highest BCUT2D eigenvalue weighted by atomic mass is 19.1. The standard InChI is InChI=1S/C16H19FN2O3/c1-16(2,3)22-15(20)19-10-12(9-17)11-21-14-7-5-13(18-4)6-8-14/h5-9H,10-11H2,1-3H3,(H,19,20)/b12-9+. The molecule has 0 aromatic heterocycles. The monoisotopic (exact) mass is 306 g/mol. The Kier molecular flexibility index (Phi) is 6.39. The number of benzene rings is 1. The molecule has 0 atom stereocenters. The minimum absolute atomic E-state index is 0.00838. The van der Waals surface area contributed by atoms with E-state index in [4.69, 9.17) is 16.0 Å². The first-order valence-corrected chi connectivity index (χ1v) is 6.69. The lowest BCUT2D eigenvalue weighted by atomic mass is 10.2. The molecule has 1 aromatic carbocycles. The van der Waals surface area contributed by atoms with Gasteiger partial charge in [0.25, 0.3) is 0 Å². The molecule has 0 aliphatic carbocycles. The van der Waals surface area contributed by atoms with E-state index in [0.29, 0.717) is 17.8 Å². The highest BCUT2D eigenvalue weighted by Crippen LogP contribution is 2.18. The zero-order chi connectivity index (χ0) is 16.6. The van der Waals surface area contributed by atoms with Gasteiger partial charge in [-0.05, 0) is 32.9 Å². The maximum atomic E-state index is 12.8. The Hall–Kier alpha value is -2.55. The fraction of sp³-hybridized carbons (Fsp3) is 0.375. The van der Waals surface area contributed by atoms with Crippen LogP contribution in [0, 0.1) is 6.57 Å². The smallest absolute Gasteiger partial charge is 0.407 e.